The minimum absolute atomic E-state index is 0.262. The molecular weight excluding hydrogens is 260 g/mol. The molecule has 19 heavy (non-hydrogen) atoms. The molecule has 1 N–H and O–H groups in total. The minimum Gasteiger partial charge on any atom is -0.508 e. The predicted octanol–water partition coefficient (Wildman–Crippen LogP) is 3.91. The van der Waals surface area contributed by atoms with Crippen LogP contribution in [0.2, 0.25) is 5.02 Å². The number of rotatable bonds is 1. The molecule has 0 atom stereocenters. The maximum absolute atomic E-state index is 9.49. The normalized spacial score (nSPS) is 11.1. The van der Waals surface area contributed by atoms with E-state index in [0.29, 0.717) is 5.02 Å². The van der Waals surface area contributed by atoms with Crippen molar-refractivity contribution in [3.63, 3.8) is 0 Å². The molecule has 0 radical (unpaired) electrons. The third kappa shape index (κ3) is 1.87. The van der Waals surface area contributed by atoms with Crippen LogP contribution in [0, 0.1) is 6.92 Å². The van der Waals surface area contributed by atoms with Gasteiger partial charge >= 0.3 is 0 Å². The molecule has 0 fully saturated rings. The highest BCUT2D eigenvalue weighted by Gasteiger charge is 2.13. The van der Waals surface area contributed by atoms with Crippen molar-refractivity contribution < 1.29 is 5.11 Å². The molecule has 0 aliphatic carbocycles. The number of aryl methyl sites for hydroxylation is 2. The molecule has 0 aliphatic rings. The van der Waals surface area contributed by atoms with Crippen LogP contribution in [0.1, 0.15) is 5.56 Å². The van der Waals surface area contributed by atoms with Crippen LogP contribution < -0.4 is 0 Å². The Morgan fingerprint density at radius 2 is 2.00 bits per heavy atom. The maximum Gasteiger partial charge on any atom is 0.141 e. The van der Waals surface area contributed by atoms with Gasteiger partial charge in [0.25, 0.3) is 0 Å². The predicted molar refractivity (Wildman–Crippen MR) is 77.6 cm³/mol. The molecular formula is C15H13ClN2O. The summed E-state index contributed by atoms with van der Waals surface area (Å²) in [5.41, 5.74) is 3.77. The Bertz CT molecular complexity index is 777. The van der Waals surface area contributed by atoms with Gasteiger partial charge in [0.15, 0.2) is 0 Å². The fourth-order valence-corrected chi connectivity index (χ4v) is 2.66. The Morgan fingerprint density at radius 1 is 1.21 bits per heavy atom. The first-order valence-electron chi connectivity index (χ1n) is 5.99. The lowest BCUT2D eigenvalue weighted by Gasteiger charge is -2.07. The van der Waals surface area contributed by atoms with Crippen molar-refractivity contribution in [3.05, 3.63) is 47.0 Å². The number of phenols is 1. The van der Waals surface area contributed by atoms with Gasteiger partial charge in [-0.15, -0.1) is 0 Å². The second kappa shape index (κ2) is 4.28. The average molecular weight is 273 g/mol. The standard InChI is InChI=1S/C15H13ClN2O/c1-9-8-10(19)6-7-11(9)15-17-13-5-3-4-12(16)14(13)18(15)2/h3-8,19H,1-2H3. The van der Waals surface area contributed by atoms with E-state index in [1.807, 2.05) is 42.8 Å². The molecule has 0 bridgehead atoms. The van der Waals surface area contributed by atoms with Crippen molar-refractivity contribution in [2.75, 3.05) is 0 Å². The topological polar surface area (TPSA) is 38.1 Å². The molecule has 1 aromatic heterocycles. The van der Waals surface area contributed by atoms with E-state index < -0.39 is 0 Å². The van der Waals surface area contributed by atoms with E-state index in [4.69, 9.17) is 11.6 Å². The Kier molecular flexibility index (Phi) is 2.72. The van der Waals surface area contributed by atoms with Gasteiger partial charge in [-0.2, -0.15) is 0 Å². The third-order valence-electron chi connectivity index (χ3n) is 3.30. The first-order valence-corrected chi connectivity index (χ1v) is 6.36. The zero-order valence-corrected chi connectivity index (χ0v) is 11.4. The van der Waals surface area contributed by atoms with Crippen molar-refractivity contribution in [2.45, 2.75) is 6.92 Å². The lowest BCUT2D eigenvalue weighted by molar-refractivity contribution is 0.475. The van der Waals surface area contributed by atoms with Crippen LogP contribution >= 0.6 is 11.6 Å². The van der Waals surface area contributed by atoms with Gasteiger partial charge in [-0.05, 0) is 42.8 Å². The Labute approximate surface area is 116 Å². The molecule has 4 heteroatoms. The second-order valence-electron chi connectivity index (χ2n) is 4.60. The molecule has 3 aromatic rings. The summed E-state index contributed by atoms with van der Waals surface area (Å²) in [4.78, 5) is 4.63. The number of hydrogen-bond acceptors (Lipinski definition) is 2. The molecule has 0 aliphatic heterocycles. The number of benzene rings is 2. The van der Waals surface area contributed by atoms with Crippen molar-refractivity contribution in [1.82, 2.24) is 9.55 Å². The fourth-order valence-electron chi connectivity index (χ4n) is 2.36. The number of imidazole rings is 1. The van der Waals surface area contributed by atoms with Gasteiger partial charge in [-0.3, -0.25) is 0 Å². The van der Waals surface area contributed by atoms with Crippen molar-refractivity contribution in [3.8, 4) is 17.1 Å². The van der Waals surface area contributed by atoms with E-state index >= 15 is 0 Å². The lowest BCUT2D eigenvalue weighted by Crippen LogP contribution is -1.94. The van der Waals surface area contributed by atoms with Gasteiger partial charge in [-0.25, -0.2) is 4.98 Å². The van der Waals surface area contributed by atoms with E-state index in [0.717, 1.165) is 28.0 Å². The Morgan fingerprint density at radius 3 is 2.68 bits per heavy atom. The van der Waals surface area contributed by atoms with Crippen LogP contribution in [0.25, 0.3) is 22.4 Å². The van der Waals surface area contributed by atoms with Crippen LogP contribution in [0.3, 0.4) is 0 Å². The smallest absolute Gasteiger partial charge is 0.141 e. The number of aromatic hydroxyl groups is 1. The van der Waals surface area contributed by atoms with Crippen LogP contribution in [0.5, 0.6) is 5.75 Å². The Hall–Kier alpha value is -2.00. The van der Waals surface area contributed by atoms with Crippen LogP contribution in [-0.2, 0) is 7.05 Å². The van der Waals surface area contributed by atoms with Crippen molar-refractivity contribution in [1.29, 1.82) is 0 Å². The zero-order chi connectivity index (χ0) is 13.6. The summed E-state index contributed by atoms with van der Waals surface area (Å²) in [5, 5.41) is 10.2. The van der Waals surface area contributed by atoms with Gasteiger partial charge in [0.1, 0.15) is 11.6 Å². The van der Waals surface area contributed by atoms with Crippen LogP contribution in [0.4, 0.5) is 0 Å². The van der Waals surface area contributed by atoms with E-state index in [1.165, 1.54) is 0 Å². The molecule has 3 nitrogen and oxygen atoms in total. The first-order chi connectivity index (χ1) is 9.08. The van der Waals surface area contributed by atoms with E-state index in [1.54, 1.807) is 12.1 Å². The highest BCUT2D eigenvalue weighted by Crippen LogP contribution is 2.31. The monoisotopic (exact) mass is 272 g/mol. The summed E-state index contributed by atoms with van der Waals surface area (Å²) >= 11 is 6.23. The van der Waals surface area contributed by atoms with Gasteiger partial charge in [0, 0.05) is 12.6 Å². The maximum atomic E-state index is 9.49. The summed E-state index contributed by atoms with van der Waals surface area (Å²) in [6.45, 7) is 1.95. The summed E-state index contributed by atoms with van der Waals surface area (Å²) in [7, 11) is 1.95. The summed E-state index contributed by atoms with van der Waals surface area (Å²) in [6, 6.07) is 11.0. The van der Waals surface area contributed by atoms with Gasteiger partial charge < -0.3 is 9.67 Å². The zero-order valence-electron chi connectivity index (χ0n) is 10.7. The minimum atomic E-state index is 0.262. The first kappa shape index (κ1) is 12.1. The van der Waals surface area contributed by atoms with Gasteiger partial charge in [0.2, 0.25) is 0 Å². The third-order valence-corrected chi connectivity index (χ3v) is 3.60. The highest BCUT2D eigenvalue weighted by molar-refractivity contribution is 6.35. The number of nitrogens with zero attached hydrogens (tertiary/aromatic N) is 2. The van der Waals surface area contributed by atoms with E-state index in [9.17, 15) is 5.11 Å². The molecule has 0 saturated carbocycles. The second-order valence-corrected chi connectivity index (χ2v) is 5.01. The number of halogens is 1. The summed E-state index contributed by atoms with van der Waals surface area (Å²) in [5.74, 6) is 1.11. The van der Waals surface area contributed by atoms with E-state index in [-0.39, 0.29) is 5.75 Å². The average Bonchev–Trinajstić information content (AvgIpc) is 2.68. The largest absolute Gasteiger partial charge is 0.508 e. The molecule has 0 unspecified atom stereocenters. The summed E-state index contributed by atoms with van der Waals surface area (Å²) in [6.07, 6.45) is 0. The molecule has 0 saturated heterocycles. The van der Waals surface area contributed by atoms with Gasteiger partial charge in [-0.1, -0.05) is 17.7 Å². The molecule has 1 heterocycles. The van der Waals surface area contributed by atoms with Crippen LogP contribution in [-0.4, -0.2) is 14.7 Å². The lowest BCUT2D eigenvalue weighted by atomic mass is 10.1. The van der Waals surface area contributed by atoms with Gasteiger partial charge in [0.05, 0.1) is 16.1 Å². The van der Waals surface area contributed by atoms with Crippen molar-refractivity contribution in [2.24, 2.45) is 7.05 Å². The number of hydrogen-bond donors (Lipinski definition) is 1. The number of para-hydroxylation sites is 1. The number of fused-ring (bicyclic) bond motifs is 1. The van der Waals surface area contributed by atoms with Crippen molar-refractivity contribution >= 4 is 22.6 Å². The highest BCUT2D eigenvalue weighted by atomic mass is 35.5. The fraction of sp³-hybridized carbons (Fsp3) is 0.133. The number of aromatic nitrogens is 2. The molecule has 0 spiro atoms. The molecule has 3 rings (SSSR count). The molecule has 2 aromatic carbocycles. The number of phenolic OH excluding ortho intramolecular Hbond substituents is 1. The Balaban J connectivity index is 2.31. The SMILES string of the molecule is Cc1cc(O)ccc1-c1nc2cccc(Cl)c2n1C. The quantitative estimate of drug-likeness (QED) is 0.729. The van der Waals surface area contributed by atoms with E-state index in [2.05, 4.69) is 4.98 Å². The van der Waals surface area contributed by atoms with Crippen LogP contribution in [0.15, 0.2) is 36.4 Å². The summed E-state index contributed by atoms with van der Waals surface area (Å²) < 4.78 is 1.98. The molecule has 0 amide bonds. The molecule has 96 valence electrons.